The molecular weight excluding hydrogens is 374 g/mol. The summed E-state index contributed by atoms with van der Waals surface area (Å²) in [5, 5.41) is 8.67. The van der Waals surface area contributed by atoms with Gasteiger partial charge in [-0.25, -0.2) is 23.5 Å². The summed E-state index contributed by atoms with van der Waals surface area (Å²) in [7, 11) is -1.98. The first kappa shape index (κ1) is 20.0. The molecule has 3 rings (SSSR count). The van der Waals surface area contributed by atoms with Crippen LogP contribution in [-0.4, -0.2) is 23.0 Å². The first-order chi connectivity index (χ1) is 13.2. The van der Waals surface area contributed by atoms with Gasteiger partial charge in [0.05, 0.1) is 16.9 Å². The minimum absolute atomic E-state index is 0.0822. The number of sulfonamides is 1. The lowest BCUT2D eigenvalue weighted by molar-refractivity contribution is 0.597. The highest BCUT2D eigenvalue weighted by Crippen LogP contribution is 2.35. The Morgan fingerprint density at radius 1 is 1.21 bits per heavy atom. The van der Waals surface area contributed by atoms with Crippen molar-refractivity contribution in [1.29, 1.82) is 0 Å². The molecule has 3 N–H and O–H groups in total. The molecule has 0 aliphatic heterocycles. The largest absolute Gasteiger partial charge is 0.340 e. The van der Waals surface area contributed by atoms with Crippen molar-refractivity contribution >= 4 is 21.5 Å². The van der Waals surface area contributed by atoms with Gasteiger partial charge in [-0.2, -0.15) is 0 Å². The molecule has 0 amide bonds. The molecular formula is C20H25N5O2S. The van der Waals surface area contributed by atoms with Crippen molar-refractivity contribution in [3.8, 4) is 11.3 Å². The van der Waals surface area contributed by atoms with Gasteiger partial charge in [0.1, 0.15) is 5.82 Å². The van der Waals surface area contributed by atoms with Crippen LogP contribution in [0.25, 0.3) is 11.3 Å². The van der Waals surface area contributed by atoms with E-state index < -0.39 is 10.0 Å². The van der Waals surface area contributed by atoms with Crippen LogP contribution in [-0.2, 0) is 17.1 Å². The molecule has 0 spiro atoms. The van der Waals surface area contributed by atoms with Gasteiger partial charge in [-0.05, 0) is 48.6 Å². The van der Waals surface area contributed by atoms with E-state index >= 15 is 0 Å². The second-order valence-electron chi connectivity index (χ2n) is 6.99. The summed E-state index contributed by atoms with van der Waals surface area (Å²) in [4.78, 5) is 8.97. The average molecular weight is 400 g/mol. The number of aryl methyl sites for hydroxylation is 1. The van der Waals surface area contributed by atoms with Crippen LogP contribution >= 0.6 is 0 Å². The highest BCUT2D eigenvalue weighted by molar-refractivity contribution is 7.89. The molecule has 0 aliphatic rings. The molecule has 0 saturated carbocycles. The van der Waals surface area contributed by atoms with Gasteiger partial charge < -0.3 is 9.88 Å². The number of hydrogen-bond acceptors (Lipinski definition) is 5. The van der Waals surface area contributed by atoms with Crippen LogP contribution in [0.2, 0.25) is 0 Å². The SMILES string of the molecule is CCC(C)c1ccc(Nc2ccc(S(N)(=O)=O)c(C)c2-c2cn(C)cn2)nc1. The smallest absolute Gasteiger partial charge is 0.238 e. The minimum Gasteiger partial charge on any atom is -0.340 e. The van der Waals surface area contributed by atoms with Crippen molar-refractivity contribution in [3.63, 3.8) is 0 Å². The van der Waals surface area contributed by atoms with Gasteiger partial charge in [0.25, 0.3) is 0 Å². The first-order valence-corrected chi connectivity index (χ1v) is 10.6. The van der Waals surface area contributed by atoms with Gasteiger partial charge in [-0.15, -0.1) is 0 Å². The van der Waals surface area contributed by atoms with Crippen LogP contribution in [0.1, 0.15) is 37.3 Å². The molecule has 1 atom stereocenters. The monoisotopic (exact) mass is 399 g/mol. The summed E-state index contributed by atoms with van der Waals surface area (Å²) in [6.45, 7) is 6.04. The van der Waals surface area contributed by atoms with E-state index in [-0.39, 0.29) is 4.90 Å². The summed E-state index contributed by atoms with van der Waals surface area (Å²) in [5.74, 6) is 1.12. The molecule has 1 unspecified atom stereocenters. The number of nitrogens with one attached hydrogen (secondary N) is 1. The molecule has 1 aromatic carbocycles. The van der Waals surface area contributed by atoms with E-state index in [9.17, 15) is 8.42 Å². The number of primary sulfonamides is 1. The van der Waals surface area contributed by atoms with E-state index in [1.165, 1.54) is 11.6 Å². The van der Waals surface area contributed by atoms with E-state index in [1.807, 2.05) is 25.5 Å². The van der Waals surface area contributed by atoms with Crippen molar-refractivity contribution in [2.45, 2.75) is 38.0 Å². The fourth-order valence-electron chi connectivity index (χ4n) is 3.12. The molecule has 0 radical (unpaired) electrons. The number of benzene rings is 1. The Labute approximate surface area is 165 Å². The third-order valence-corrected chi connectivity index (χ3v) is 5.97. The zero-order valence-corrected chi connectivity index (χ0v) is 17.3. The molecule has 2 aromatic heterocycles. The second-order valence-corrected chi connectivity index (χ2v) is 8.52. The molecule has 8 heteroatoms. The summed E-state index contributed by atoms with van der Waals surface area (Å²) in [5.41, 5.74) is 3.78. The Morgan fingerprint density at radius 2 is 1.96 bits per heavy atom. The van der Waals surface area contributed by atoms with E-state index in [0.29, 0.717) is 34.2 Å². The van der Waals surface area contributed by atoms with E-state index in [0.717, 1.165) is 6.42 Å². The van der Waals surface area contributed by atoms with Crippen LogP contribution in [0.5, 0.6) is 0 Å². The molecule has 148 valence electrons. The minimum atomic E-state index is -3.84. The van der Waals surface area contributed by atoms with Gasteiger partial charge in [-0.3, -0.25) is 0 Å². The van der Waals surface area contributed by atoms with Gasteiger partial charge in [0.15, 0.2) is 0 Å². The van der Waals surface area contributed by atoms with Crippen LogP contribution in [0, 0.1) is 6.92 Å². The molecule has 0 aliphatic carbocycles. The zero-order chi connectivity index (χ0) is 20.5. The lowest BCUT2D eigenvalue weighted by Crippen LogP contribution is -2.14. The molecule has 0 fully saturated rings. The summed E-state index contributed by atoms with van der Waals surface area (Å²) in [6.07, 6.45) is 6.41. The molecule has 0 saturated heterocycles. The van der Waals surface area contributed by atoms with Crippen LogP contribution in [0.3, 0.4) is 0 Å². The number of nitrogens with zero attached hydrogens (tertiary/aromatic N) is 3. The Bertz CT molecular complexity index is 1090. The fraction of sp³-hybridized carbons (Fsp3) is 0.300. The zero-order valence-electron chi connectivity index (χ0n) is 16.5. The topological polar surface area (TPSA) is 103 Å². The van der Waals surface area contributed by atoms with E-state index in [1.54, 1.807) is 23.9 Å². The Hall–Kier alpha value is -2.71. The Morgan fingerprint density at radius 3 is 2.50 bits per heavy atom. The number of nitrogens with two attached hydrogens (primary N) is 1. The number of anilines is 2. The molecule has 7 nitrogen and oxygen atoms in total. The maximum absolute atomic E-state index is 12.0. The fourth-order valence-corrected chi connectivity index (χ4v) is 3.91. The molecule has 28 heavy (non-hydrogen) atoms. The summed E-state index contributed by atoms with van der Waals surface area (Å²) < 4.78 is 25.7. The van der Waals surface area contributed by atoms with Crippen LogP contribution in [0.15, 0.2) is 47.9 Å². The van der Waals surface area contributed by atoms with Gasteiger partial charge in [0, 0.05) is 30.7 Å². The molecule has 0 bridgehead atoms. The van der Waals surface area contributed by atoms with Crippen LogP contribution in [0.4, 0.5) is 11.5 Å². The quantitative estimate of drug-likeness (QED) is 0.658. The number of imidazole rings is 1. The Balaban J connectivity index is 2.07. The van der Waals surface area contributed by atoms with E-state index in [4.69, 9.17) is 5.14 Å². The first-order valence-electron chi connectivity index (χ1n) is 9.08. The van der Waals surface area contributed by atoms with Crippen molar-refractivity contribution in [3.05, 3.63) is 54.1 Å². The Kier molecular flexibility index (Phi) is 5.53. The second kappa shape index (κ2) is 7.73. The number of aromatic nitrogens is 3. The van der Waals surface area contributed by atoms with Gasteiger partial charge in [-0.1, -0.05) is 19.9 Å². The van der Waals surface area contributed by atoms with Crippen molar-refractivity contribution < 1.29 is 8.42 Å². The number of pyridine rings is 1. The highest BCUT2D eigenvalue weighted by Gasteiger charge is 2.20. The summed E-state index contributed by atoms with van der Waals surface area (Å²) >= 11 is 0. The lowest BCUT2D eigenvalue weighted by Gasteiger charge is -2.16. The molecule has 3 aromatic rings. The maximum Gasteiger partial charge on any atom is 0.238 e. The van der Waals surface area contributed by atoms with Crippen molar-refractivity contribution in [1.82, 2.24) is 14.5 Å². The van der Waals surface area contributed by atoms with Crippen molar-refractivity contribution in [2.75, 3.05) is 5.32 Å². The summed E-state index contributed by atoms with van der Waals surface area (Å²) in [6, 6.07) is 7.18. The number of rotatable bonds is 6. The van der Waals surface area contributed by atoms with Gasteiger partial charge >= 0.3 is 0 Å². The van der Waals surface area contributed by atoms with Gasteiger partial charge in [0.2, 0.25) is 10.0 Å². The number of hydrogen-bond donors (Lipinski definition) is 2. The predicted molar refractivity (Wildman–Crippen MR) is 111 cm³/mol. The average Bonchev–Trinajstić information content (AvgIpc) is 3.06. The predicted octanol–water partition coefficient (Wildman–Crippen LogP) is 3.70. The lowest BCUT2D eigenvalue weighted by atomic mass is 10.0. The third-order valence-electron chi connectivity index (χ3n) is 4.91. The molecule has 2 heterocycles. The highest BCUT2D eigenvalue weighted by atomic mass is 32.2. The maximum atomic E-state index is 12.0. The van der Waals surface area contributed by atoms with Crippen molar-refractivity contribution in [2.24, 2.45) is 12.2 Å². The van der Waals surface area contributed by atoms with E-state index in [2.05, 4.69) is 35.2 Å². The normalized spacial score (nSPS) is 12.8. The standard InChI is InChI=1S/C20H25N5O2S/c1-5-13(2)15-6-9-19(22-10-15)24-16-7-8-18(28(21,26)27)14(3)20(16)17-11-25(4)12-23-17/h6-13H,5H2,1-4H3,(H,22,24)(H2,21,26,27). The van der Waals surface area contributed by atoms with Crippen LogP contribution < -0.4 is 10.5 Å². The third kappa shape index (κ3) is 4.07.